The van der Waals surface area contributed by atoms with Gasteiger partial charge in [-0.15, -0.1) is 0 Å². The largest absolute Gasteiger partial charge is 0.468 e. The quantitative estimate of drug-likeness (QED) is 0.692. The van der Waals surface area contributed by atoms with Crippen molar-refractivity contribution in [1.82, 2.24) is 5.32 Å². The van der Waals surface area contributed by atoms with Gasteiger partial charge in [0.2, 0.25) is 0 Å². The van der Waals surface area contributed by atoms with Crippen molar-refractivity contribution in [3.8, 4) is 0 Å². The van der Waals surface area contributed by atoms with Crippen molar-refractivity contribution in [2.24, 2.45) is 5.92 Å². The average Bonchev–Trinajstić information content (AvgIpc) is 2.23. The highest BCUT2D eigenvalue weighted by molar-refractivity contribution is 5.75. The molecule has 17 heavy (non-hydrogen) atoms. The van der Waals surface area contributed by atoms with Crippen LogP contribution in [0, 0.1) is 5.92 Å². The Morgan fingerprint density at radius 3 is 2.53 bits per heavy atom. The van der Waals surface area contributed by atoms with Crippen LogP contribution in [0.4, 0.5) is 0 Å². The number of rotatable bonds is 7. The van der Waals surface area contributed by atoms with Gasteiger partial charge in [0.25, 0.3) is 0 Å². The summed E-state index contributed by atoms with van der Waals surface area (Å²) < 4.78 is 10.3. The smallest absolute Gasteiger partial charge is 0.322 e. The molecule has 0 amide bonds. The summed E-state index contributed by atoms with van der Waals surface area (Å²) in [6.45, 7) is 7.00. The molecule has 1 aliphatic carbocycles. The van der Waals surface area contributed by atoms with Gasteiger partial charge < -0.3 is 14.8 Å². The van der Waals surface area contributed by atoms with Gasteiger partial charge in [-0.3, -0.25) is 4.79 Å². The molecule has 0 spiro atoms. The Hall–Kier alpha value is -0.610. The molecule has 1 atom stereocenters. The second kappa shape index (κ2) is 6.97. The molecule has 0 saturated heterocycles. The molecule has 0 bridgehead atoms. The molecule has 0 aromatic carbocycles. The van der Waals surface area contributed by atoms with E-state index in [1.54, 1.807) is 0 Å². The lowest BCUT2D eigenvalue weighted by atomic mass is 9.88. The van der Waals surface area contributed by atoms with E-state index >= 15 is 0 Å². The van der Waals surface area contributed by atoms with Crippen molar-refractivity contribution in [3.05, 3.63) is 0 Å². The first-order valence-electron chi connectivity index (χ1n) is 6.52. The monoisotopic (exact) mass is 243 g/mol. The van der Waals surface area contributed by atoms with Gasteiger partial charge in [-0.25, -0.2) is 0 Å². The van der Waals surface area contributed by atoms with Gasteiger partial charge >= 0.3 is 5.97 Å². The zero-order valence-electron chi connectivity index (χ0n) is 11.4. The molecule has 4 heteroatoms. The van der Waals surface area contributed by atoms with Crippen molar-refractivity contribution in [3.63, 3.8) is 0 Å². The SMILES string of the molecule is CCOC1CC(NC(CC(C)C)C(=O)OC)C1. The third-order valence-electron chi connectivity index (χ3n) is 3.13. The van der Waals surface area contributed by atoms with E-state index < -0.39 is 0 Å². The number of carbonyl (C=O) groups excluding carboxylic acids is 1. The highest BCUT2D eigenvalue weighted by Gasteiger charge is 2.33. The Kier molecular flexibility index (Phi) is 5.92. The highest BCUT2D eigenvalue weighted by atomic mass is 16.5. The van der Waals surface area contributed by atoms with Gasteiger partial charge in [0, 0.05) is 12.6 Å². The summed E-state index contributed by atoms with van der Waals surface area (Å²) in [5, 5.41) is 3.37. The number of nitrogens with one attached hydrogen (secondary N) is 1. The molecule has 0 radical (unpaired) electrons. The Morgan fingerprint density at radius 1 is 1.41 bits per heavy atom. The van der Waals surface area contributed by atoms with Crippen LogP contribution in [0.5, 0.6) is 0 Å². The third kappa shape index (κ3) is 4.64. The second-order valence-electron chi connectivity index (χ2n) is 5.12. The number of hydrogen-bond acceptors (Lipinski definition) is 4. The van der Waals surface area contributed by atoms with E-state index in [2.05, 4.69) is 19.2 Å². The maximum Gasteiger partial charge on any atom is 0.322 e. The third-order valence-corrected chi connectivity index (χ3v) is 3.13. The molecule has 1 rings (SSSR count). The van der Waals surface area contributed by atoms with Crippen LogP contribution in [0.15, 0.2) is 0 Å². The highest BCUT2D eigenvalue weighted by Crippen LogP contribution is 2.24. The minimum absolute atomic E-state index is 0.154. The Labute approximate surface area is 104 Å². The number of methoxy groups -OCH3 is 1. The lowest BCUT2D eigenvalue weighted by Gasteiger charge is -2.37. The standard InChI is InChI=1S/C13H25NO3/c1-5-17-11-7-10(8-11)14-12(6-9(2)3)13(15)16-4/h9-12,14H,5-8H2,1-4H3. The lowest BCUT2D eigenvalue weighted by molar-refractivity contribution is -0.144. The van der Waals surface area contributed by atoms with Gasteiger partial charge in [0.05, 0.1) is 13.2 Å². The number of ether oxygens (including phenoxy) is 2. The van der Waals surface area contributed by atoms with Gasteiger partial charge in [-0.1, -0.05) is 13.8 Å². The van der Waals surface area contributed by atoms with E-state index in [1.807, 2.05) is 6.92 Å². The fourth-order valence-corrected chi connectivity index (χ4v) is 2.20. The van der Waals surface area contributed by atoms with Crippen LogP contribution >= 0.6 is 0 Å². The molecular formula is C13H25NO3. The van der Waals surface area contributed by atoms with Crippen LogP contribution in [0.25, 0.3) is 0 Å². The van der Waals surface area contributed by atoms with Crippen molar-refractivity contribution in [1.29, 1.82) is 0 Å². The summed E-state index contributed by atoms with van der Waals surface area (Å²) in [6, 6.07) is 0.224. The second-order valence-corrected chi connectivity index (χ2v) is 5.12. The van der Waals surface area contributed by atoms with Crippen LogP contribution in [0.3, 0.4) is 0 Å². The predicted molar refractivity (Wildman–Crippen MR) is 66.8 cm³/mol. The normalized spacial score (nSPS) is 25.5. The first kappa shape index (κ1) is 14.5. The van der Waals surface area contributed by atoms with Crippen LogP contribution < -0.4 is 5.32 Å². The summed E-state index contributed by atoms with van der Waals surface area (Å²) in [7, 11) is 1.45. The van der Waals surface area contributed by atoms with Gasteiger partial charge in [0.15, 0.2) is 0 Å². The van der Waals surface area contributed by atoms with E-state index in [4.69, 9.17) is 9.47 Å². The first-order valence-corrected chi connectivity index (χ1v) is 6.52. The Balaban J connectivity index is 2.32. The summed E-state index contributed by atoms with van der Waals surface area (Å²) in [5.41, 5.74) is 0. The van der Waals surface area contributed by atoms with Crippen LogP contribution in [0.1, 0.15) is 40.0 Å². The molecule has 100 valence electrons. The summed E-state index contributed by atoms with van der Waals surface area (Å²) in [4.78, 5) is 11.6. The van der Waals surface area contributed by atoms with E-state index in [-0.39, 0.29) is 12.0 Å². The summed E-state index contributed by atoms with van der Waals surface area (Å²) >= 11 is 0. The topological polar surface area (TPSA) is 47.6 Å². The molecular weight excluding hydrogens is 218 g/mol. The molecule has 1 aliphatic rings. The van der Waals surface area contributed by atoms with Crippen LogP contribution in [0.2, 0.25) is 0 Å². The zero-order chi connectivity index (χ0) is 12.8. The molecule has 0 aromatic rings. The summed E-state index contributed by atoms with van der Waals surface area (Å²) in [5.74, 6) is 0.327. The van der Waals surface area contributed by atoms with Crippen molar-refractivity contribution in [2.75, 3.05) is 13.7 Å². The molecule has 1 N–H and O–H groups in total. The average molecular weight is 243 g/mol. The lowest BCUT2D eigenvalue weighted by Crippen LogP contribution is -2.52. The minimum Gasteiger partial charge on any atom is -0.468 e. The zero-order valence-corrected chi connectivity index (χ0v) is 11.4. The first-order chi connectivity index (χ1) is 8.06. The van der Waals surface area contributed by atoms with E-state index in [0.717, 1.165) is 25.9 Å². The van der Waals surface area contributed by atoms with E-state index in [9.17, 15) is 4.79 Å². The molecule has 1 saturated carbocycles. The molecule has 0 heterocycles. The van der Waals surface area contributed by atoms with Crippen molar-refractivity contribution < 1.29 is 14.3 Å². The van der Waals surface area contributed by atoms with E-state index in [1.165, 1.54) is 7.11 Å². The van der Waals surface area contributed by atoms with Gasteiger partial charge in [-0.2, -0.15) is 0 Å². The fourth-order valence-electron chi connectivity index (χ4n) is 2.20. The molecule has 0 aliphatic heterocycles. The maximum atomic E-state index is 11.6. The van der Waals surface area contributed by atoms with Gasteiger partial charge in [0.1, 0.15) is 6.04 Å². The Morgan fingerprint density at radius 2 is 2.06 bits per heavy atom. The molecule has 1 unspecified atom stereocenters. The van der Waals surface area contributed by atoms with Crippen molar-refractivity contribution in [2.45, 2.75) is 58.2 Å². The van der Waals surface area contributed by atoms with Gasteiger partial charge in [-0.05, 0) is 32.1 Å². The molecule has 4 nitrogen and oxygen atoms in total. The molecule has 1 fully saturated rings. The van der Waals surface area contributed by atoms with Crippen LogP contribution in [-0.4, -0.2) is 37.9 Å². The number of esters is 1. The Bertz CT molecular complexity index is 237. The maximum absolute atomic E-state index is 11.6. The predicted octanol–water partition coefficient (Wildman–Crippen LogP) is 1.73. The van der Waals surface area contributed by atoms with Crippen LogP contribution in [-0.2, 0) is 14.3 Å². The number of hydrogen-bond donors (Lipinski definition) is 1. The van der Waals surface area contributed by atoms with Crippen molar-refractivity contribution >= 4 is 5.97 Å². The molecule has 0 aromatic heterocycles. The van der Waals surface area contributed by atoms with E-state index in [0.29, 0.717) is 18.1 Å². The minimum atomic E-state index is -0.174. The fraction of sp³-hybridized carbons (Fsp3) is 0.923. The number of carbonyl (C=O) groups is 1. The summed E-state index contributed by atoms with van der Waals surface area (Å²) in [6.07, 6.45) is 3.19.